The Hall–Kier alpha value is -1.81. The first-order chi connectivity index (χ1) is 9.74. The van der Waals surface area contributed by atoms with Crippen molar-refractivity contribution in [1.29, 1.82) is 0 Å². The highest BCUT2D eigenvalue weighted by atomic mass is 16.5. The lowest BCUT2D eigenvalue weighted by Crippen LogP contribution is -2.16. The molecular weight excluding hydrogens is 250 g/mol. The quantitative estimate of drug-likeness (QED) is 0.843. The third-order valence-corrected chi connectivity index (χ3v) is 3.46. The van der Waals surface area contributed by atoms with Crippen LogP contribution in [0.5, 0.6) is 5.75 Å². The lowest BCUT2D eigenvalue weighted by molar-refractivity contribution is 0.314. The molecule has 2 aromatic rings. The van der Waals surface area contributed by atoms with Crippen LogP contribution < -0.4 is 10.1 Å². The maximum Gasteiger partial charge on any atom is 0.124 e. The molecule has 20 heavy (non-hydrogen) atoms. The fourth-order valence-electron chi connectivity index (χ4n) is 2.36. The van der Waals surface area contributed by atoms with Crippen molar-refractivity contribution < 1.29 is 4.74 Å². The van der Waals surface area contributed by atoms with Crippen LogP contribution in [0, 0.1) is 0 Å². The van der Waals surface area contributed by atoms with Gasteiger partial charge in [-0.05, 0) is 25.1 Å². The van der Waals surface area contributed by atoms with Gasteiger partial charge in [-0.15, -0.1) is 0 Å². The van der Waals surface area contributed by atoms with E-state index in [1.807, 2.05) is 43.3 Å². The summed E-state index contributed by atoms with van der Waals surface area (Å²) in [6.07, 6.45) is 5.83. The molecule has 1 atom stereocenters. The highest BCUT2D eigenvalue weighted by Gasteiger charge is 2.12. The largest absolute Gasteiger partial charge is 0.493 e. The maximum atomic E-state index is 5.96. The molecule has 0 radical (unpaired) electrons. The molecule has 1 aromatic carbocycles. The summed E-state index contributed by atoms with van der Waals surface area (Å²) in [5.74, 6) is 0.970. The smallest absolute Gasteiger partial charge is 0.124 e. The Morgan fingerprint density at radius 3 is 2.80 bits per heavy atom. The summed E-state index contributed by atoms with van der Waals surface area (Å²) in [4.78, 5) is 0. The summed E-state index contributed by atoms with van der Waals surface area (Å²) < 4.78 is 7.77. The minimum absolute atomic E-state index is 0.338. The van der Waals surface area contributed by atoms with Crippen molar-refractivity contribution in [1.82, 2.24) is 15.1 Å². The lowest BCUT2D eigenvalue weighted by Gasteiger charge is -2.18. The fraction of sp³-hybridized carbons (Fsp3) is 0.438. The molecule has 0 amide bonds. The fourth-order valence-corrected chi connectivity index (χ4v) is 2.36. The molecule has 1 N–H and O–H groups in total. The Morgan fingerprint density at radius 2 is 2.15 bits per heavy atom. The van der Waals surface area contributed by atoms with Crippen molar-refractivity contribution in [2.24, 2.45) is 7.05 Å². The topological polar surface area (TPSA) is 39.1 Å². The molecule has 1 heterocycles. The first-order valence-electron chi connectivity index (χ1n) is 7.11. The van der Waals surface area contributed by atoms with Crippen LogP contribution in [-0.4, -0.2) is 23.4 Å². The number of nitrogens with zero attached hydrogens (tertiary/aromatic N) is 2. The van der Waals surface area contributed by atoms with Crippen LogP contribution in [0.25, 0.3) is 0 Å². The highest BCUT2D eigenvalue weighted by molar-refractivity contribution is 5.35. The highest BCUT2D eigenvalue weighted by Crippen LogP contribution is 2.26. The zero-order valence-corrected chi connectivity index (χ0v) is 12.5. The molecule has 2 rings (SSSR count). The summed E-state index contributed by atoms with van der Waals surface area (Å²) in [5, 5.41) is 7.49. The summed E-state index contributed by atoms with van der Waals surface area (Å²) in [7, 11) is 3.92. The van der Waals surface area contributed by atoms with Crippen molar-refractivity contribution in [3.63, 3.8) is 0 Å². The first kappa shape index (κ1) is 14.6. The number of aromatic nitrogens is 2. The molecule has 0 aliphatic heterocycles. The summed E-state index contributed by atoms with van der Waals surface area (Å²) >= 11 is 0. The van der Waals surface area contributed by atoms with Gasteiger partial charge in [0.25, 0.3) is 0 Å². The number of hydrogen-bond donors (Lipinski definition) is 1. The van der Waals surface area contributed by atoms with Gasteiger partial charge in [0.2, 0.25) is 0 Å². The van der Waals surface area contributed by atoms with Gasteiger partial charge < -0.3 is 10.1 Å². The number of benzene rings is 1. The second-order valence-corrected chi connectivity index (χ2v) is 4.91. The Morgan fingerprint density at radius 1 is 1.35 bits per heavy atom. The average molecular weight is 273 g/mol. The molecule has 4 nitrogen and oxygen atoms in total. The predicted molar refractivity (Wildman–Crippen MR) is 80.9 cm³/mol. The number of aryl methyl sites for hydroxylation is 1. The third-order valence-electron chi connectivity index (χ3n) is 3.46. The minimum Gasteiger partial charge on any atom is -0.493 e. The zero-order chi connectivity index (χ0) is 14.4. The lowest BCUT2D eigenvalue weighted by atomic mass is 10.0. The molecule has 0 aliphatic carbocycles. The van der Waals surface area contributed by atoms with Crippen LogP contribution in [-0.2, 0) is 13.5 Å². The van der Waals surface area contributed by atoms with Crippen molar-refractivity contribution in [2.75, 3.05) is 13.7 Å². The van der Waals surface area contributed by atoms with E-state index >= 15 is 0 Å². The van der Waals surface area contributed by atoms with Crippen LogP contribution in [0.4, 0.5) is 0 Å². The molecular formula is C16H23N3O. The van der Waals surface area contributed by atoms with Crippen molar-refractivity contribution in [3.05, 3.63) is 47.8 Å². The van der Waals surface area contributed by atoms with Crippen molar-refractivity contribution >= 4 is 0 Å². The SMILES string of the molecule is CCC(NC)c1ccccc1OCCc1cnn(C)c1. The molecule has 0 saturated heterocycles. The summed E-state index contributed by atoms with van der Waals surface area (Å²) in [6, 6.07) is 8.58. The molecule has 0 bridgehead atoms. The van der Waals surface area contributed by atoms with E-state index in [1.54, 1.807) is 0 Å². The van der Waals surface area contributed by atoms with Crippen molar-refractivity contribution in [3.8, 4) is 5.75 Å². The van der Waals surface area contributed by atoms with E-state index in [0.717, 1.165) is 18.6 Å². The number of ether oxygens (including phenoxy) is 1. The van der Waals surface area contributed by atoms with Gasteiger partial charge in [-0.3, -0.25) is 4.68 Å². The number of nitrogens with one attached hydrogen (secondary N) is 1. The second kappa shape index (κ2) is 7.10. The van der Waals surface area contributed by atoms with Crippen LogP contribution in [0.1, 0.15) is 30.5 Å². The monoisotopic (exact) mass is 273 g/mol. The van der Waals surface area contributed by atoms with Gasteiger partial charge in [0.05, 0.1) is 12.8 Å². The number of para-hydroxylation sites is 1. The predicted octanol–water partition coefficient (Wildman–Crippen LogP) is 2.71. The van der Waals surface area contributed by atoms with Gasteiger partial charge in [-0.25, -0.2) is 0 Å². The number of rotatable bonds is 7. The average Bonchev–Trinajstić information content (AvgIpc) is 2.87. The summed E-state index contributed by atoms with van der Waals surface area (Å²) in [5.41, 5.74) is 2.43. The van der Waals surface area contributed by atoms with E-state index in [2.05, 4.69) is 29.5 Å². The minimum atomic E-state index is 0.338. The Balaban J connectivity index is 1.98. The molecule has 0 saturated carbocycles. The standard InChI is InChI=1S/C16H23N3O/c1-4-15(17-2)14-7-5-6-8-16(14)20-10-9-13-11-18-19(3)12-13/h5-8,11-12,15,17H,4,9-10H2,1-3H3. The Bertz CT molecular complexity index is 532. The molecule has 0 spiro atoms. The van der Waals surface area contributed by atoms with Crippen LogP contribution in [0.15, 0.2) is 36.7 Å². The van der Waals surface area contributed by atoms with E-state index in [0.29, 0.717) is 12.6 Å². The van der Waals surface area contributed by atoms with Crippen molar-refractivity contribution in [2.45, 2.75) is 25.8 Å². The normalized spacial score (nSPS) is 12.3. The molecule has 1 unspecified atom stereocenters. The van der Waals surface area contributed by atoms with Gasteiger partial charge in [-0.2, -0.15) is 5.10 Å². The number of hydrogen-bond acceptors (Lipinski definition) is 3. The van der Waals surface area contributed by atoms with Crippen LogP contribution in [0.3, 0.4) is 0 Å². The summed E-state index contributed by atoms with van der Waals surface area (Å²) in [6.45, 7) is 2.84. The van der Waals surface area contributed by atoms with Gasteiger partial charge in [-0.1, -0.05) is 25.1 Å². The van der Waals surface area contributed by atoms with E-state index in [-0.39, 0.29) is 0 Å². The van der Waals surface area contributed by atoms with Gasteiger partial charge >= 0.3 is 0 Å². The third kappa shape index (κ3) is 3.61. The molecule has 1 aromatic heterocycles. The second-order valence-electron chi connectivity index (χ2n) is 4.91. The molecule has 108 valence electrons. The van der Waals surface area contributed by atoms with Crippen LogP contribution >= 0.6 is 0 Å². The van der Waals surface area contributed by atoms with E-state index in [1.165, 1.54) is 11.1 Å². The first-order valence-corrected chi connectivity index (χ1v) is 7.11. The van der Waals surface area contributed by atoms with Gasteiger partial charge in [0, 0.05) is 31.3 Å². The Labute approximate surface area is 120 Å². The maximum absolute atomic E-state index is 5.96. The van der Waals surface area contributed by atoms with E-state index in [4.69, 9.17) is 4.74 Å². The Kier molecular flexibility index (Phi) is 5.18. The molecule has 4 heteroatoms. The van der Waals surface area contributed by atoms with Gasteiger partial charge in [0.1, 0.15) is 5.75 Å². The van der Waals surface area contributed by atoms with Gasteiger partial charge in [0.15, 0.2) is 0 Å². The molecule has 0 aliphatic rings. The zero-order valence-electron chi connectivity index (χ0n) is 12.5. The van der Waals surface area contributed by atoms with E-state index in [9.17, 15) is 0 Å². The van der Waals surface area contributed by atoms with E-state index < -0.39 is 0 Å². The van der Waals surface area contributed by atoms with Crippen LogP contribution in [0.2, 0.25) is 0 Å². The molecule has 0 fully saturated rings.